The summed E-state index contributed by atoms with van der Waals surface area (Å²) in [6.07, 6.45) is 1.69. The van der Waals surface area contributed by atoms with Crippen molar-refractivity contribution < 1.29 is 0 Å². The zero-order valence-corrected chi connectivity index (χ0v) is 9.66. The SMILES string of the molecule is C[C@@H]1CC(=N)N[C@]1(CCN)c1ccccc1. The Kier molecular flexibility index (Phi) is 2.97. The average Bonchev–Trinajstić information content (AvgIpc) is 2.57. The van der Waals surface area contributed by atoms with E-state index in [0.29, 0.717) is 18.3 Å². The molecule has 0 amide bonds. The number of nitrogens with two attached hydrogens (primary N) is 1. The van der Waals surface area contributed by atoms with Crippen LogP contribution in [0.2, 0.25) is 0 Å². The molecular weight excluding hydrogens is 198 g/mol. The highest BCUT2D eigenvalue weighted by Crippen LogP contribution is 2.39. The molecule has 4 N–H and O–H groups in total. The molecule has 16 heavy (non-hydrogen) atoms. The summed E-state index contributed by atoms with van der Waals surface area (Å²) >= 11 is 0. The molecule has 3 nitrogen and oxygen atoms in total. The van der Waals surface area contributed by atoms with E-state index in [-0.39, 0.29) is 5.54 Å². The molecule has 0 saturated carbocycles. The molecule has 86 valence electrons. The lowest BCUT2D eigenvalue weighted by atomic mass is 9.78. The van der Waals surface area contributed by atoms with Gasteiger partial charge in [0.15, 0.2) is 0 Å². The molecule has 3 heteroatoms. The molecule has 1 aliphatic heterocycles. The lowest BCUT2D eigenvalue weighted by molar-refractivity contribution is 0.287. The topological polar surface area (TPSA) is 61.9 Å². The minimum Gasteiger partial charge on any atom is -0.364 e. The zero-order valence-electron chi connectivity index (χ0n) is 9.66. The molecule has 0 spiro atoms. The number of amidine groups is 1. The van der Waals surface area contributed by atoms with E-state index in [1.54, 1.807) is 0 Å². The predicted molar refractivity (Wildman–Crippen MR) is 66.4 cm³/mol. The third kappa shape index (κ3) is 1.71. The van der Waals surface area contributed by atoms with Crippen LogP contribution in [0.1, 0.15) is 25.3 Å². The summed E-state index contributed by atoms with van der Waals surface area (Å²) in [5, 5.41) is 11.1. The quantitative estimate of drug-likeness (QED) is 0.723. The van der Waals surface area contributed by atoms with E-state index >= 15 is 0 Å². The summed E-state index contributed by atoms with van der Waals surface area (Å²) in [4.78, 5) is 0. The van der Waals surface area contributed by atoms with Gasteiger partial charge in [0.1, 0.15) is 0 Å². The smallest absolute Gasteiger partial charge is 0.0942 e. The first kappa shape index (κ1) is 11.1. The van der Waals surface area contributed by atoms with Gasteiger partial charge in [-0.25, -0.2) is 0 Å². The standard InChI is InChI=1S/C13H19N3/c1-10-9-12(15)16-13(10,7-8-14)11-5-3-2-4-6-11/h2-6,10H,7-9,14H2,1H3,(H2,15,16)/t10-,13+/m1/s1. The fourth-order valence-corrected chi connectivity index (χ4v) is 2.70. The number of nitrogens with one attached hydrogen (secondary N) is 2. The van der Waals surface area contributed by atoms with Gasteiger partial charge in [-0.2, -0.15) is 0 Å². The number of rotatable bonds is 3. The molecule has 1 aromatic rings. The second-order valence-corrected chi connectivity index (χ2v) is 4.58. The van der Waals surface area contributed by atoms with E-state index in [0.717, 1.165) is 12.8 Å². The molecule has 1 aromatic carbocycles. The highest BCUT2D eigenvalue weighted by molar-refractivity contribution is 5.83. The van der Waals surface area contributed by atoms with Crippen LogP contribution < -0.4 is 11.1 Å². The van der Waals surface area contributed by atoms with Gasteiger partial charge in [0.25, 0.3) is 0 Å². The van der Waals surface area contributed by atoms with Gasteiger partial charge in [-0.05, 0) is 24.4 Å². The summed E-state index contributed by atoms with van der Waals surface area (Å²) in [6.45, 7) is 2.83. The molecule has 1 saturated heterocycles. The first-order valence-corrected chi connectivity index (χ1v) is 5.80. The molecule has 1 fully saturated rings. The lowest BCUT2D eigenvalue weighted by Crippen LogP contribution is -2.43. The van der Waals surface area contributed by atoms with E-state index in [1.807, 2.05) is 18.2 Å². The molecule has 0 aliphatic carbocycles. The van der Waals surface area contributed by atoms with E-state index in [1.165, 1.54) is 5.56 Å². The van der Waals surface area contributed by atoms with Crippen LogP contribution in [0.3, 0.4) is 0 Å². The normalized spacial score (nSPS) is 29.1. The Morgan fingerprint density at radius 3 is 2.62 bits per heavy atom. The first-order chi connectivity index (χ1) is 7.69. The molecule has 2 atom stereocenters. The minimum atomic E-state index is -0.132. The molecule has 2 rings (SSSR count). The Hall–Kier alpha value is -1.35. The van der Waals surface area contributed by atoms with Gasteiger partial charge in [0.05, 0.1) is 11.4 Å². The highest BCUT2D eigenvalue weighted by Gasteiger charge is 2.42. The lowest BCUT2D eigenvalue weighted by Gasteiger charge is -2.34. The minimum absolute atomic E-state index is 0.132. The summed E-state index contributed by atoms with van der Waals surface area (Å²) in [6, 6.07) is 10.4. The molecule has 0 unspecified atom stereocenters. The molecule has 0 bridgehead atoms. The highest BCUT2D eigenvalue weighted by atomic mass is 15.1. The Morgan fingerprint density at radius 1 is 1.44 bits per heavy atom. The van der Waals surface area contributed by atoms with Gasteiger partial charge < -0.3 is 11.1 Å². The van der Waals surface area contributed by atoms with Crippen molar-refractivity contribution >= 4 is 5.84 Å². The van der Waals surface area contributed by atoms with Crippen LogP contribution in [0, 0.1) is 11.3 Å². The van der Waals surface area contributed by atoms with Gasteiger partial charge in [0.2, 0.25) is 0 Å². The summed E-state index contributed by atoms with van der Waals surface area (Å²) in [5.41, 5.74) is 6.84. The Labute approximate surface area is 96.6 Å². The van der Waals surface area contributed by atoms with Crippen LogP contribution in [0.5, 0.6) is 0 Å². The van der Waals surface area contributed by atoms with Crippen molar-refractivity contribution in [2.45, 2.75) is 25.3 Å². The van der Waals surface area contributed by atoms with Crippen molar-refractivity contribution in [2.75, 3.05) is 6.54 Å². The Bertz CT molecular complexity index is 374. The van der Waals surface area contributed by atoms with Crippen molar-refractivity contribution in [3.05, 3.63) is 35.9 Å². The number of hydrogen-bond donors (Lipinski definition) is 3. The van der Waals surface area contributed by atoms with Crippen molar-refractivity contribution in [3.8, 4) is 0 Å². The molecule has 0 radical (unpaired) electrons. The van der Waals surface area contributed by atoms with Crippen LogP contribution in [0.25, 0.3) is 0 Å². The molecule has 0 aromatic heterocycles. The van der Waals surface area contributed by atoms with E-state index in [9.17, 15) is 0 Å². The summed E-state index contributed by atoms with van der Waals surface area (Å²) < 4.78 is 0. The van der Waals surface area contributed by atoms with Crippen LogP contribution in [0.4, 0.5) is 0 Å². The van der Waals surface area contributed by atoms with Crippen LogP contribution in [-0.4, -0.2) is 12.4 Å². The second-order valence-electron chi connectivity index (χ2n) is 4.58. The maximum absolute atomic E-state index is 7.81. The van der Waals surface area contributed by atoms with Crippen LogP contribution in [-0.2, 0) is 5.54 Å². The van der Waals surface area contributed by atoms with Crippen molar-refractivity contribution in [2.24, 2.45) is 11.7 Å². The fraction of sp³-hybridized carbons (Fsp3) is 0.462. The third-order valence-corrected chi connectivity index (χ3v) is 3.55. The second kappa shape index (κ2) is 4.26. The fourth-order valence-electron chi connectivity index (χ4n) is 2.70. The van der Waals surface area contributed by atoms with Crippen molar-refractivity contribution in [1.29, 1.82) is 5.41 Å². The van der Waals surface area contributed by atoms with Gasteiger partial charge in [-0.1, -0.05) is 37.3 Å². The van der Waals surface area contributed by atoms with Crippen molar-refractivity contribution in [3.63, 3.8) is 0 Å². The maximum atomic E-state index is 7.81. The van der Waals surface area contributed by atoms with Gasteiger partial charge in [0, 0.05) is 6.42 Å². The summed E-state index contributed by atoms with van der Waals surface area (Å²) in [7, 11) is 0. The van der Waals surface area contributed by atoms with Gasteiger partial charge >= 0.3 is 0 Å². The summed E-state index contributed by atoms with van der Waals surface area (Å²) in [5.74, 6) is 1.05. The van der Waals surface area contributed by atoms with E-state index < -0.39 is 0 Å². The Balaban J connectivity index is 2.40. The number of benzene rings is 1. The monoisotopic (exact) mass is 217 g/mol. The third-order valence-electron chi connectivity index (χ3n) is 3.55. The predicted octanol–water partition coefficient (Wildman–Crippen LogP) is 1.84. The zero-order chi connectivity index (χ0) is 11.6. The van der Waals surface area contributed by atoms with E-state index in [4.69, 9.17) is 11.1 Å². The van der Waals surface area contributed by atoms with Crippen LogP contribution in [0.15, 0.2) is 30.3 Å². The van der Waals surface area contributed by atoms with Crippen molar-refractivity contribution in [1.82, 2.24) is 5.32 Å². The number of hydrogen-bond acceptors (Lipinski definition) is 2. The maximum Gasteiger partial charge on any atom is 0.0942 e. The van der Waals surface area contributed by atoms with E-state index in [2.05, 4.69) is 24.4 Å². The molecule has 1 heterocycles. The average molecular weight is 217 g/mol. The molecular formula is C13H19N3. The molecule has 1 aliphatic rings. The van der Waals surface area contributed by atoms with Crippen LogP contribution >= 0.6 is 0 Å². The van der Waals surface area contributed by atoms with Gasteiger partial charge in [-0.3, -0.25) is 5.41 Å². The largest absolute Gasteiger partial charge is 0.364 e. The first-order valence-electron chi connectivity index (χ1n) is 5.80. The van der Waals surface area contributed by atoms with Gasteiger partial charge in [-0.15, -0.1) is 0 Å². The Morgan fingerprint density at radius 2 is 2.12 bits per heavy atom.